The summed E-state index contributed by atoms with van der Waals surface area (Å²) in [6, 6.07) is 0. The van der Waals surface area contributed by atoms with Gasteiger partial charge in [0, 0.05) is 0 Å². The second-order valence-electron chi connectivity index (χ2n) is 13.9. The van der Waals surface area contributed by atoms with Crippen LogP contribution >= 0.6 is 0 Å². The van der Waals surface area contributed by atoms with E-state index in [1.807, 2.05) is 0 Å². The zero-order valence-electron chi connectivity index (χ0n) is 28.5. The minimum atomic E-state index is 0.946. The Labute approximate surface area is 251 Å². The number of hydrogen-bond acceptors (Lipinski definition) is 0. The molecule has 0 aliphatic rings. The first-order valence-corrected chi connectivity index (χ1v) is 19.2. The SMILES string of the molecule is CCCCCCCCCCCCCCCCCCC(C)CCCCCCCCCCCCCCCC(C)CC. The third kappa shape index (κ3) is 34.1. The summed E-state index contributed by atoms with van der Waals surface area (Å²) >= 11 is 0. The van der Waals surface area contributed by atoms with Crippen molar-refractivity contribution in [3.05, 3.63) is 0 Å². The molecule has 0 N–H and O–H groups in total. The number of rotatable bonds is 34. The Morgan fingerprint density at radius 3 is 0.692 bits per heavy atom. The van der Waals surface area contributed by atoms with Gasteiger partial charge in [0.25, 0.3) is 0 Å². The van der Waals surface area contributed by atoms with E-state index in [0.717, 1.165) is 11.8 Å². The molecule has 0 bridgehead atoms. The van der Waals surface area contributed by atoms with E-state index < -0.39 is 0 Å². The van der Waals surface area contributed by atoms with Crippen LogP contribution in [0.4, 0.5) is 0 Å². The number of unbranched alkanes of at least 4 members (excludes halogenated alkanes) is 27. The molecule has 2 atom stereocenters. The maximum Gasteiger partial charge on any atom is -0.0443 e. The lowest BCUT2D eigenvalue weighted by Crippen LogP contribution is -1.95. The Hall–Kier alpha value is 0. The summed E-state index contributed by atoms with van der Waals surface area (Å²) in [5.41, 5.74) is 0. The normalized spacial score (nSPS) is 13.2. The third-order valence-electron chi connectivity index (χ3n) is 9.64. The van der Waals surface area contributed by atoms with Gasteiger partial charge in [0.05, 0.1) is 0 Å². The summed E-state index contributed by atoms with van der Waals surface area (Å²) in [6.45, 7) is 9.55. The van der Waals surface area contributed by atoms with Gasteiger partial charge in [0.1, 0.15) is 0 Å². The summed E-state index contributed by atoms with van der Waals surface area (Å²) in [7, 11) is 0. The van der Waals surface area contributed by atoms with Crippen LogP contribution in [0.15, 0.2) is 0 Å². The van der Waals surface area contributed by atoms with Crippen molar-refractivity contribution in [2.45, 2.75) is 240 Å². The van der Waals surface area contributed by atoms with E-state index in [0.29, 0.717) is 0 Å². The average molecular weight is 549 g/mol. The van der Waals surface area contributed by atoms with Crippen molar-refractivity contribution >= 4 is 0 Å². The highest BCUT2D eigenvalue weighted by molar-refractivity contribution is 4.57. The lowest BCUT2D eigenvalue weighted by Gasteiger charge is -2.11. The van der Waals surface area contributed by atoms with Gasteiger partial charge in [-0.1, -0.05) is 240 Å². The molecule has 0 aromatic rings. The highest BCUT2D eigenvalue weighted by Gasteiger charge is 2.03. The molecule has 0 spiro atoms. The molecule has 0 aliphatic heterocycles. The summed E-state index contributed by atoms with van der Waals surface area (Å²) < 4.78 is 0. The molecule has 0 aliphatic carbocycles. The van der Waals surface area contributed by atoms with E-state index in [1.165, 1.54) is 212 Å². The van der Waals surface area contributed by atoms with Crippen molar-refractivity contribution < 1.29 is 0 Å². The Morgan fingerprint density at radius 2 is 0.462 bits per heavy atom. The van der Waals surface area contributed by atoms with Crippen molar-refractivity contribution in [3.63, 3.8) is 0 Å². The molecule has 0 amide bonds. The Morgan fingerprint density at radius 1 is 0.256 bits per heavy atom. The van der Waals surface area contributed by atoms with Gasteiger partial charge < -0.3 is 0 Å². The van der Waals surface area contributed by atoms with Crippen LogP contribution in [0.2, 0.25) is 0 Å². The van der Waals surface area contributed by atoms with E-state index in [4.69, 9.17) is 0 Å². The van der Waals surface area contributed by atoms with Crippen LogP contribution in [0.5, 0.6) is 0 Å². The van der Waals surface area contributed by atoms with Crippen molar-refractivity contribution in [3.8, 4) is 0 Å². The molecular formula is C39H80. The van der Waals surface area contributed by atoms with Crippen LogP contribution in [0.3, 0.4) is 0 Å². The highest BCUT2D eigenvalue weighted by Crippen LogP contribution is 2.20. The molecule has 0 saturated carbocycles. The summed E-state index contributed by atoms with van der Waals surface area (Å²) in [4.78, 5) is 0. The molecule has 0 nitrogen and oxygen atoms in total. The van der Waals surface area contributed by atoms with Gasteiger partial charge in [-0.15, -0.1) is 0 Å². The van der Waals surface area contributed by atoms with Crippen LogP contribution in [0.25, 0.3) is 0 Å². The zero-order valence-corrected chi connectivity index (χ0v) is 28.5. The fraction of sp³-hybridized carbons (Fsp3) is 1.00. The molecule has 2 unspecified atom stereocenters. The van der Waals surface area contributed by atoms with Crippen molar-refractivity contribution in [2.75, 3.05) is 0 Å². The predicted molar refractivity (Wildman–Crippen MR) is 182 cm³/mol. The Kier molecular flexibility index (Phi) is 34.2. The molecule has 0 aromatic carbocycles. The van der Waals surface area contributed by atoms with Gasteiger partial charge in [-0.05, 0) is 11.8 Å². The second kappa shape index (κ2) is 34.2. The Balaban J connectivity index is 3.15. The van der Waals surface area contributed by atoms with E-state index in [2.05, 4.69) is 27.7 Å². The minimum absolute atomic E-state index is 0.946. The van der Waals surface area contributed by atoms with E-state index in [9.17, 15) is 0 Å². The van der Waals surface area contributed by atoms with Crippen molar-refractivity contribution in [1.29, 1.82) is 0 Å². The van der Waals surface area contributed by atoms with E-state index >= 15 is 0 Å². The van der Waals surface area contributed by atoms with E-state index in [1.54, 1.807) is 0 Å². The maximum atomic E-state index is 2.51. The van der Waals surface area contributed by atoms with Gasteiger partial charge in [0.2, 0.25) is 0 Å². The molecule has 0 radical (unpaired) electrons. The molecule has 236 valence electrons. The smallest absolute Gasteiger partial charge is 0.0443 e. The fourth-order valence-corrected chi connectivity index (χ4v) is 6.32. The van der Waals surface area contributed by atoms with Crippen LogP contribution < -0.4 is 0 Å². The van der Waals surface area contributed by atoms with Gasteiger partial charge in [0.15, 0.2) is 0 Å². The summed E-state index contributed by atoms with van der Waals surface area (Å²) in [5.74, 6) is 1.91. The largest absolute Gasteiger partial charge is 0.0654 e. The molecule has 0 aromatic heterocycles. The molecule has 0 heterocycles. The van der Waals surface area contributed by atoms with E-state index in [-0.39, 0.29) is 0 Å². The van der Waals surface area contributed by atoms with Crippen LogP contribution in [0, 0.1) is 11.8 Å². The first-order chi connectivity index (χ1) is 19.2. The summed E-state index contributed by atoms with van der Waals surface area (Å²) in [6.07, 6.45) is 48.7. The predicted octanol–water partition coefficient (Wildman–Crippen LogP) is 15.2. The fourth-order valence-electron chi connectivity index (χ4n) is 6.32. The third-order valence-corrected chi connectivity index (χ3v) is 9.64. The van der Waals surface area contributed by atoms with Crippen LogP contribution in [0.1, 0.15) is 240 Å². The molecule has 0 heteroatoms. The van der Waals surface area contributed by atoms with Crippen LogP contribution in [-0.2, 0) is 0 Å². The zero-order chi connectivity index (χ0) is 28.5. The highest BCUT2D eigenvalue weighted by atomic mass is 14.1. The standard InChI is InChI=1S/C39H80/c1-5-7-8-9-10-11-12-13-14-15-17-21-24-27-30-33-36-39(4)37-34-31-28-25-22-19-16-18-20-23-26-29-32-35-38(3)6-2/h38-39H,5-37H2,1-4H3. The lowest BCUT2D eigenvalue weighted by atomic mass is 9.95. The summed E-state index contributed by atoms with van der Waals surface area (Å²) in [5, 5.41) is 0. The quantitative estimate of drug-likeness (QED) is 0.0701. The Bertz CT molecular complexity index is 412. The van der Waals surface area contributed by atoms with Crippen molar-refractivity contribution in [2.24, 2.45) is 11.8 Å². The molecular weight excluding hydrogens is 468 g/mol. The molecule has 0 fully saturated rings. The first-order valence-electron chi connectivity index (χ1n) is 19.2. The first kappa shape index (κ1) is 39.0. The number of hydrogen-bond donors (Lipinski definition) is 0. The van der Waals surface area contributed by atoms with Gasteiger partial charge in [-0.25, -0.2) is 0 Å². The average Bonchev–Trinajstić information content (AvgIpc) is 2.94. The van der Waals surface area contributed by atoms with Gasteiger partial charge in [-0.2, -0.15) is 0 Å². The second-order valence-corrected chi connectivity index (χ2v) is 13.9. The molecule has 0 rings (SSSR count). The molecule has 39 heavy (non-hydrogen) atoms. The van der Waals surface area contributed by atoms with Gasteiger partial charge >= 0.3 is 0 Å². The maximum absolute atomic E-state index is 2.51. The molecule has 0 saturated heterocycles. The topological polar surface area (TPSA) is 0 Å². The lowest BCUT2D eigenvalue weighted by molar-refractivity contribution is 0.429. The van der Waals surface area contributed by atoms with Crippen molar-refractivity contribution in [1.82, 2.24) is 0 Å². The van der Waals surface area contributed by atoms with Crippen LogP contribution in [-0.4, -0.2) is 0 Å². The minimum Gasteiger partial charge on any atom is -0.0654 e. The monoisotopic (exact) mass is 549 g/mol. The van der Waals surface area contributed by atoms with Gasteiger partial charge in [-0.3, -0.25) is 0 Å².